The molecule has 0 bridgehead atoms. The maximum atomic E-state index is 12.7. The lowest BCUT2D eigenvalue weighted by Gasteiger charge is -2.40. The Kier molecular flexibility index (Phi) is 6.91. The van der Waals surface area contributed by atoms with E-state index in [9.17, 15) is 14.7 Å². The number of likely N-dealkylation sites (tertiary alicyclic amines) is 1. The molecule has 0 unspecified atom stereocenters. The van der Waals surface area contributed by atoms with Gasteiger partial charge in [-0.3, -0.25) is 19.5 Å². The van der Waals surface area contributed by atoms with Crippen LogP contribution in [0.5, 0.6) is 0 Å². The number of carbonyl (C=O) groups is 2. The molecule has 0 aromatic carbocycles. The minimum atomic E-state index is -0.866. The number of carboxylic acid groups (broad SMARTS) is 1. The molecular weight excluding hydrogens is 330 g/mol. The summed E-state index contributed by atoms with van der Waals surface area (Å²) in [5, 5.41) is 9.79. The van der Waals surface area contributed by atoms with Crippen molar-refractivity contribution in [2.75, 3.05) is 26.7 Å². The average Bonchev–Trinajstić information content (AvgIpc) is 2.60. The molecule has 1 saturated heterocycles. The van der Waals surface area contributed by atoms with E-state index in [0.717, 1.165) is 17.6 Å². The molecule has 2 rings (SSSR count). The number of nitrogens with zero attached hydrogens (tertiary/aromatic N) is 3. The Labute approximate surface area is 155 Å². The summed E-state index contributed by atoms with van der Waals surface area (Å²) >= 11 is 0. The molecule has 142 valence electrons. The third-order valence-electron chi connectivity index (χ3n) is 4.89. The number of piperidine rings is 1. The lowest BCUT2D eigenvalue weighted by molar-refractivity contribution is -0.154. The summed E-state index contributed by atoms with van der Waals surface area (Å²) in [7, 11) is 1.90. The maximum absolute atomic E-state index is 12.7. The number of pyridine rings is 1. The standard InChI is InChI=1S/C20H29N3O3/c1-16(2)5-9-20(19(25)26)8-4-12-23(15-20)18(24)14-22(3)13-17-6-10-21-11-7-17/h5-7,10-11H,4,8-9,12-15H2,1-3H3,(H,25,26)/t20-/m0/s1. The number of aliphatic carboxylic acids is 1. The van der Waals surface area contributed by atoms with Crippen LogP contribution in [-0.4, -0.2) is 58.4 Å². The van der Waals surface area contributed by atoms with Crippen molar-refractivity contribution in [1.29, 1.82) is 0 Å². The predicted molar refractivity (Wildman–Crippen MR) is 101 cm³/mol. The number of carboxylic acids is 1. The van der Waals surface area contributed by atoms with E-state index in [4.69, 9.17) is 0 Å². The summed E-state index contributed by atoms with van der Waals surface area (Å²) in [6.07, 6.45) is 7.25. The lowest BCUT2D eigenvalue weighted by atomic mass is 9.76. The van der Waals surface area contributed by atoms with Crippen molar-refractivity contribution in [3.8, 4) is 0 Å². The number of hydrogen-bond donors (Lipinski definition) is 1. The molecular formula is C20H29N3O3. The minimum absolute atomic E-state index is 0.0101. The Balaban J connectivity index is 1.99. The second kappa shape index (κ2) is 8.94. The summed E-state index contributed by atoms with van der Waals surface area (Å²) in [5.41, 5.74) is 1.33. The van der Waals surface area contributed by atoms with Crippen molar-refractivity contribution in [3.63, 3.8) is 0 Å². The van der Waals surface area contributed by atoms with Crippen molar-refractivity contribution >= 4 is 11.9 Å². The Morgan fingerprint density at radius 1 is 1.35 bits per heavy atom. The molecule has 6 nitrogen and oxygen atoms in total. The molecule has 6 heteroatoms. The summed E-state index contributed by atoms with van der Waals surface area (Å²) in [6.45, 7) is 5.79. The van der Waals surface area contributed by atoms with Gasteiger partial charge in [0.25, 0.3) is 0 Å². The first kappa shape index (κ1) is 20.1. The molecule has 1 fully saturated rings. The number of amides is 1. The highest BCUT2D eigenvalue weighted by Gasteiger charge is 2.42. The van der Waals surface area contributed by atoms with E-state index >= 15 is 0 Å². The first-order chi connectivity index (χ1) is 12.3. The molecule has 1 aromatic heterocycles. The third-order valence-corrected chi connectivity index (χ3v) is 4.89. The molecule has 2 heterocycles. The van der Waals surface area contributed by atoms with Crippen LogP contribution >= 0.6 is 0 Å². The smallest absolute Gasteiger partial charge is 0.311 e. The van der Waals surface area contributed by atoms with Gasteiger partial charge in [-0.25, -0.2) is 0 Å². The molecule has 1 atom stereocenters. The van der Waals surface area contributed by atoms with Crippen LogP contribution in [0, 0.1) is 5.41 Å². The zero-order chi connectivity index (χ0) is 19.2. The second-order valence-electron chi connectivity index (χ2n) is 7.52. The SMILES string of the molecule is CC(C)=CC[C@@]1(C(=O)O)CCCN(C(=O)CN(C)Cc2ccncc2)C1. The molecule has 1 aliphatic heterocycles. The van der Waals surface area contributed by atoms with Crippen molar-refractivity contribution in [1.82, 2.24) is 14.8 Å². The van der Waals surface area contributed by atoms with Crippen LogP contribution in [0.15, 0.2) is 36.2 Å². The van der Waals surface area contributed by atoms with Crippen LogP contribution in [-0.2, 0) is 16.1 Å². The number of hydrogen-bond acceptors (Lipinski definition) is 4. The fourth-order valence-corrected chi connectivity index (χ4v) is 3.36. The van der Waals surface area contributed by atoms with Gasteiger partial charge < -0.3 is 10.0 Å². The minimum Gasteiger partial charge on any atom is -0.481 e. The number of likely N-dealkylation sites (N-methyl/N-ethyl adjacent to an activating group) is 1. The highest BCUT2D eigenvalue weighted by molar-refractivity contribution is 5.81. The van der Waals surface area contributed by atoms with Gasteiger partial charge in [-0.1, -0.05) is 11.6 Å². The van der Waals surface area contributed by atoms with E-state index in [-0.39, 0.29) is 19.0 Å². The first-order valence-electron chi connectivity index (χ1n) is 9.04. The summed E-state index contributed by atoms with van der Waals surface area (Å²) in [6, 6.07) is 3.85. The van der Waals surface area contributed by atoms with E-state index in [1.807, 2.05) is 44.0 Å². The van der Waals surface area contributed by atoms with E-state index in [1.165, 1.54) is 0 Å². The van der Waals surface area contributed by atoms with Crippen LogP contribution in [0.1, 0.15) is 38.7 Å². The molecule has 0 aliphatic carbocycles. The van der Waals surface area contributed by atoms with E-state index in [1.54, 1.807) is 17.3 Å². The molecule has 1 N–H and O–H groups in total. The van der Waals surface area contributed by atoms with Gasteiger partial charge in [-0.2, -0.15) is 0 Å². The normalized spacial score (nSPS) is 20.1. The van der Waals surface area contributed by atoms with Crippen LogP contribution in [0.4, 0.5) is 0 Å². The largest absolute Gasteiger partial charge is 0.481 e. The average molecular weight is 359 g/mol. The summed E-state index contributed by atoms with van der Waals surface area (Å²) in [4.78, 5) is 32.3. The molecule has 0 radical (unpaired) electrons. The van der Waals surface area contributed by atoms with Gasteiger partial charge in [0.1, 0.15) is 0 Å². The Morgan fingerprint density at radius 2 is 2.04 bits per heavy atom. The van der Waals surface area contributed by atoms with Crippen molar-refractivity contribution < 1.29 is 14.7 Å². The molecule has 0 spiro atoms. The number of rotatable bonds is 7. The Morgan fingerprint density at radius 3 is 2.65 bits per heavy atom. The molecule has 26 heavy (non-hydrogen) atoms. The highest BCUT2D eigenvalue weighted by Crippen LogP contribution is 2.35. The van der Waals surface area contributed by atoms with Gasteiger partial charge in [0, 0.05) is 32.0 Å². The van der Waals surface area contributed by atoms with Crippen LogP contribution in [0.3, 0.4) is 0 Å². The third kappa shape index (κ3) is 5.39. The Hall–Kier alpha value is -2.21. The van der Waals surface area contributed by atoms with Crippen molar-refractivity contribution in [3.05, 3.63) is 41.7 Å². The van der Waals surface area contributed by atoms with Gasteiger partial charge in [0.2, 0.25) is 5.91 Å². The summed E-state index contributed by atoms with van der Waals surface area (Å²) < 4.78 is 0. The zero-order valence-electron chi connectivity index (χ0n) is 15.9. The van der Waals surface area contributed by atoms with E-state index < -0.39 is 11.4 Å². The molecule has 1 amide bonds. The van der Waals surface area contributed by atoms with Gasteiger partial charge in [0.15, 0.2) is 0 Å². The van der Waals surface area contributed by atoms with Gasteiger partial charge in [0.05, 0.1) is 12.0 Å². The van der Waals surface area contributed by atoms with Crippen LogP contribution in [0.2, 0.25) is 0 Å². The van der Waals surface area contributed by atoms with Gasteiger partial charge in [-0.05, 0) is 57.9 Å². The zero-order valence-corrected chi connectivity index (χ0v) is 15.9. The fraction of sp³-hybridized carbons (Fsp3) is 0.550. The van der Waals surface area contributed by atoms with Gasteiger partial charge >= 0.3 is 5.97 Å². The quantitative estimate of drug-likeness (QED) is 0.758. The van der Waals surface area contributed by atoms with Crippen LogP contribution < -0.4 is 0 Å². The topological polar surface area (TPSA) is 73.7 Å². The van der Waals surface area contributed by atoms with E-state index in [0.29, 0.717) is 25.9 Å². The second-order valence-corrected chi connectivity index (χ2v) is 7.52. The molecule has 1 aliphatic rings. The van der Waals surface area contributed by atoms with E-state index in [2.05, 4.69) is 4.98 Å². The Bertz CT molecular complexity index is 656. The molecule has 1 aromatic rings. The lowest BCUT2D eigenvalue weighted by Crippen LogP contribution is -2.51. The fourth-order valence-electron chi connectivity index (χ4n) is 3.36. The number of allylic oxidation sites excluding steroid dienone is 2. The number of aromatic nitrogens is 1. The van der Waals surface area contributed by atoms with Crippen molar-refractivity contribution in [2.45, 2.75) is 39.7 Å². The van der Waals surface area contributed by atoms with Gasteiger partial charge in [-0.15, -0.1) is 0 Å². The maximum Gasteiger partial charge on any atom is 0.311 e. The van der Waals surface area contributed by atoms with Crippen molar-refractivity contribution in [2.24, 2.45) is 5.41 Å². The first-order valence-corrected chi connectivity index (χ1v) is 9.04. The monoisotopic (exact) mass is 359 g/mol. The predicted octanol–water partition coefficient (Wildman–Crippen LogP) is 2.56. The highest BCUT2D eigenvalue weighted by atomic mass is 16.4. The number of carbonyl (C=O) groups excluding carboxylic acids is 1. The van der Waals surface area contributed by atoms with Crippen LogP contribution in [0.25, 0.3) is 0 Å². The molecule has 0 saturated carbocycles. The summed E-state index contributed by atoms with van der Waals surface area (Å²) in [5.74, 6) is -0.818.